The molecule has 1 aromatic carbocycles. The van der Waals surface area contributed by atoms with E-state index in [2.05, 4.69) is 27.3 Å². The minimum Gasteiger partial charge on any atom is -0.325 e. The highest BCUT2D eigenvalue weighted by molar-refractivity contribution is 7.71. The number of anilines is 1. The minimum atomic E-state index is -0.150. The first-order chi connectivity index (χ1) is 16.0. The number of benzene rings is 1. The zero-order valence-electron chi connectivity index (χ0n) is 18.1. The third kappa shape index (κ3) is 5.52. The maximum Gasteiger partial charge on any atom is 0.226 e. The van der Waals surface area contributed by atoms with Crippen molar-refractivity contribution >= 4 is 35.4 Å². The van der Waals surface area contributed by atoms with Crippen LogP contribution in [0.3, 0.4) is 0 Å². The van der Waals surface area contributed by atoms with Crippen LogP contribution in [0.4, 0.5) is 5.69 Å². The molecule has 1 N–H and O–H groups in total. The SMILES string of the molecule is CCCCn1c(-c2ccc(Cl)cc2)nn(CCC(=O)Nc2ccc(-n3cncn3)nc2)c1=S. The van der Waals surface area contributed by atoms with Crippen LogP contribution < -0.4 is 5.32 Å². The molecule has 0 bridgehead atoms. The summed E-state index contributed by atoms with van der Waals surface area (Å²) in [6, 6.07) is 11.0. The van der Waals surface area contributed by atoms with E-state index in [0.717, 1.165) is 30.8 Å². The largest absolute Gasteiger partial charge is 0.325 e. The Kier molecular flexibility index (Phi) is 7.26. The highest BCUT2D eigenvalue weighted by atomic mass is 35.5. The van der Waals surface area contributed by atoms with Crippen LogP contribution in [0.25, 0.3) is 17.2 Å². The molecule has 9 nitrogen and oxygen atoms in total. The van der Waals surface area contributed by atoms with Gasteiger partial charge in [-0.2, -0.15) is 10.2 Å². The Morgan fingerprint density at radius 2 is 1.97 bits per heavy atom. The quantitative estimate of drug-likeness (QED) is 0.352. The lowest BCUT2D eigenvalue weighted by atomic mass is 10.2. The normalized spacial score (nSPS) is 11.0. The van der Waals surface area contributed by atoms with Gasteiger partial charge in [-0.25, -0.2) is 19.3 Å². The molecule has 170 valence electrons. The van der Waals surface area contributed by atoms with E-state index >= 15 is 0 Å². The predicted octanol–water partition coefficient (Wildman–Crippen LogP) is 4.54. The van der Waals surface area contributed by atoms with Crippen molar-refractivity contribution in [2.45, 2.75) is 39.3 Å². The van der Waals surface area contributed by atoms with Crippen LogP contribution >= 0.6 is 23.8 Å². The molecule has 4 aromatic rings. The van der Waals surface area contributed by atoms with Crippen LogP contribution in [0.15, 0.2) is 55.2 Å². The van der Waals surface area contributed by atoms with E-state index in [1.54, 1.807) is 34.0 Å². The molecule has 0 aliphatic heterocycles. The number of aryl methyl sites for hydroxylation is 1. The summed E-state index contributed by atoms with van der Waals surface area (Å²) in [5, 5.41) is 12.3. The number of halogens is 1. The summed E-state index contributed by atoms with van der Waals surface area (Å²) in [7, 11) is 0. The van der Waals surface area contributed by atoms with Crippen LogP contribution in [-0.2, 0) is 17.9 Å². The highest BCUT2D eigenvalue weighted by Crippen LogP contribution is 2.22. The van der Waals surface area contributed by atoms with E-state index in [1.807, 2.05) is 28.8 Å². The van der Waals surface area contributed by atoms with Gasteiger partial charge in [0.05, 0.1) is 18.4 Å². The van der Waals surface area contributed by atoms with Gasteiger partial charge in [0.25, 0.3) is 0 Å². The number of carbonyl (C=O) groups excluding carboxylic acids is 1. The van der Waals surface area contributed by atoms with Gasteiger partial charge in [-0.05, 0) is 55.0 Å². The van der Waals surface area contributed by atoms with Crippen molar-refractivity contribution in [1.29, 1.82) is 0 Å². The third-order valence-electron chi connectivity index (χ3n) is 5.00. The van der Waals surface area contributed by atoms with E-state index in [9.17, 15) is 4.79 Å². The molecule has 3 aromatic heterocycles. The zero-order chi connectivity index (χ0) is 23.2. The summed E-state index contributed by atoms with van der Waals surface area (Å²) >= 11 is 11.7. The summed E-state index contributed by atoms with van der Waals surface area (Å²) in [6.45, 7) is 3.27. The second kappa shape index (κ2) is 10.5. The molecular formula is C22H23ClN8OS. The predicted molar refractivity (Wildman–Crippen MR) is 129 cm³/mol. The number of pyridine rings is 1. The molecule has 11 heteroatoms. The Hall–Kier alpha value is -3.37. The van der Waals surface area contributed by atoms with Gasteiger partial charge < -0.3 is 5.32 Å². The van der Waals surface area contributed by atoms with E-state index < -0.39 is 0 Å². The number of hydrogen-bond acceptors (Lipinski definition) is 6. The van der Waals surface area contributed by atoms with Gasteiger partial charge in [0.15, 0.2) is 16.4 Å². The van der Waals surface area contributed by atoms with Gasteiger partial charge in [-0.1, -0.05) is 24.9 Å². The fourth-order valence-electron chi connectivity index (χ4n) is 3.27. The topological polar surface area (TPSA) is 95.5 Å². The minimum absolute atomic E-state index is 0.150. The molecule has 0 saturated heterocycles. The number of unbranched alkanes of at least 4 members (excludes halogenated alkanes) is 1. The van der Waals surface area contributed by atoms with Crippen LogP contribution in [-0.4, -0.2) is 40.0 Å². The maximum absolute atomic E-state index is 12.5. The number of carbonyl (C=O) groups is 1. The number of aromatic nitrogens is 7. The summed E-state index contributed by atoms with van der Waals surface area (Å²) < 4.78 is 5.87. The van der Waals surface area contributed by atoms with Gasteiger partial charge >= 0.3 is 0 Å². The standard InChI is InChI=1S/C22H23ClN8OS/c1-2-3-11-29-21(16-4-6-17(23)7-5-16)28-30(22(29)33)12-10-20(32)27-18-8-9-19(25-13-18)31-15-24-14-26-31/h4-9,13-15H,2-3,10-12H2,1H3,(H,27,32). The molecule has 4 rings (SSSR count). The Bertz CT molecular complexity index is 1260. The molecule has 1 amide bonds. The van der Waals surface area contributed by atoms with E-state index in [1.165, 1.54) is 6.33 Å². The smallest absolute Gasteiger partial charge is 0.226 e. The molecule has 0 unspecified atom stereocenters. The van der Waals surface area contributed by atoms with Crippen LogP contribution in [0.1, 0.15) is 26.2 Å². The molecule has 0 aliphatic rings. The Labute approximate surface area is 201 Å². The van der Waals surface area contributed by atoms with Gasteiger partial charge in [-0.15, -0.1) is 0 Å². The van der Waals surface area contributed by atoms with Crippen molar-refractivity contribution in [1.82, 2.24) is 34.1 Å². The number of rotatable bonds is 9. The van der Waals surface area contributed by atoms with E-state index in [4.69, 9.17) is 28.9 Å². The van der Waals surface area contributed by atoms with E-state index in [0.29, 0.717) is 27.8 Å². The van der Waals surface area contributed by atoms with Crippen molar-refractivity contribution in [3.05, 3.63) is 65.0 Å². The monoisotopic (exact) mass is 482 g/mol. The van der Waals surface area contributed by atoms with Gasteiger partial charge in [0.2, 0.25) is 5.91 Å². The van der Waals surface area contributed by atoms with Crippen molar-refractivity contribution in [2.24, 2.45) is 0 Å². The first-order valence-electron chi connectivity index (χ1n) is 10.6. The van der Waals surface area contributed by atoms with Crippen molar-refractivity contribution < 1.29 is 4.79 Å². The fourth-order valence-corrected chi connectivity index (χ4v) is 3.71. The Morgan fingerprint density at radius 3 is 2.64 bits per heavy atom. The molecule has 0 saturated carbocycles. The number of nitrogens with one attached hydrogen (secondary N) is 1. The van der Waals surface area contributed by atoms with Gasteiger partial charge in [-0.3, -0.25) is 9.36 Å². The number of nitrogens with zero attached hydrogens (tertiary/aromatic N) is 7. The first-order valence-corrected chi connectivity index (χ1v) is 11.4. The average Bonchev–Trinajstić information content (AvgIpc) is 3.46. The van der Waals surface area contributed by atoms with Gasteiger partial charge in [0.1, 0.15) is 12.7 Å². The van der Waals surface area contributed by atoms with Crippen LogP contribution in [0.2, 0.25) is 5.02 Å². The lowest BCUT2D eigenvalue weighted by molar-refractivity contribution is -0.116. The molecule has 0 fully saturated rings. The molecule has 33 heavy (non-hydrogen) atoms. The second-order valence-corrected chi connectivity index (χ2v) is 8.19. The van der Waals surface area contributed by atoms with Gasteiger partial charge in [0, 0.05) is 23.6 Å². The zero-order valence-corrected chi connectivity index (χ0v) is 19.6. The maximum atomic E-state index is 12.5. The Balaban J connectivity index is 1.44. The summed E-state index contributed by atoms with van der Waals surface area (Å²) in [5.74, 6) is 1.24. The summed E-state index contributed by atoms with van der Waals surface area (Å²) in [4.78, 5) is 20.7. The fraction of sp³-hybridized carbons (Fsp3) is 0.273. The molecule has 0 aliphatic carbocycles. The molecule has 0 spiro atoms. The Morgan fingerprint density at radius 1 is 1.15 bits per heavy atom. The van der Waals surface area contributed by atoms with Crippen LogP contribution in [0.5, 0.6) is 0 Å². The molecule has 3 heterocycles. The lowest BCUT2D eigenvalue weighted by Gasteiger charge is -2.06. The third-order valence-corrected chi connectivity index (χ3v) is 5.68. The number of amides is 1. The summed E-state index contributed by atoms with van der Waals surface area (Å²) in [5.41, 5.74) is 1.53. The molecule has 0 atom stereocenters. The van der Waals surface area contributed by atoms with Crippen LogP contribution in [0, 0.1) is 4.77 Å². The van der Waals surface area contributed by atoms with Crippen molar-refractivity contribution in [3.8, 4) is 17.2 Å². The first kappa shape index (κ1) is 22.8. The highest BCUT2D eigenvalue weighted by Gasteiger charge is 2.14. The van der Waals surface area contributed by atoms with Crippen molar-refractivity contribution in [2.75, 3.05) is 5.32 Å². The number of hydrogen-bond donors (Lipinski definition) is 1. The van der Waals surface area contributed by atoms with E-state index in [-0.39, 0.29) is 12.3 Å². The van der Waals surface area contributed by atoms with Crippen molar-refractivity contribution in [3.63, 3.8) is 0 Å². The second-order valence-electron chi connectivity index (χ2n) is 7.38. The molecular weight excluding hydrogens is 460 g/mol. The summed E-state index contributed by atoms with van der Waals surface area (Å²) in [6.07, 6.45) is 6.83. The lowest BCUT2D eigenvalue weighted by Crippen LogP contribution is -2.15. The molecule has 0 radical (unpaired) electrons. The average molecular weight is 483 g/mol.